The smallest absolute Gasteiger partial charge is 0.195 e. The lowest BCUT2D eigenvalue weighted by atomic mass is 10.00. The van der Waals surface area contributed by atoms with Crippen LogP contribution in [-0.2, 0) is 0 Å². The lowest BCUT2D eigenvalue weighted by Crippen LogP contribution is -2.12. The zero-order chi connectivity index (χ0) is 13.0. The van der Waals surface area contributed by atoms with Gasteiger partial charge in [0, 0.05) is 5.56 Å². The molecule has 92 valence electrons. The van der Waals surface area contributed by atoms with Gasteiger partial charge in [0.05, 0.1) is 9.47 Å². The van der Waals surface area contributed by atoms with Crippen molar-refractivity contribution >= 4 is 15.2 Å². The SMILES string of the molecule is O=C(c1ccc(OP)cc1)C(O)c1ccccc1. The Balaban J connectivity index is 2.20. The molecule has 0 aliphatic carbocycles. The van der Waals surface area contributed by atoms with Crippen LogP contribution in [0.1, 0.15) is 22.0 Å². The number of hydrogen-bond acceptors (Lipinski definition) is 3. The van der Waals surface area contributed by atoms with Gasteiger partial charge in [-0.25, -0.2) is 0 Å². The molecule has 4 heteroatoms. The van der Waals surface area contributed by atoms with E-state index in [9.17, 15) is 9.90 Å². The molecule has 0 fully saturated rings. The summed E-state index contributed by atoms with van der Waals surface area (Å²) < 4.78 is 4.94. The van der Waals surface area contributed by atoms with Gasteiger partial charge < -0.3 is 9.63 Å². The van der Waals surface area contributed by atoms with Gasteiger partial charge in [-0.15, -0.1) is 0 Å². The molecule has 0 spiro atoms. The van der Waals surface area contributed by atoms with Gasteiger partial charge in [0.2, 0.25) is 0 Å². The second kappa shape index (κ2) is 5.76. The summed E-state index contributed by atoms with van der Waals surface area (Å²) in [6.07, 6.45) is -1.13. The molecule has 0 saturated carbocycles. The third-order valence-corrected chi connectivity index (χ3v) is 2.91. The molecule has 2 aromatic rings. The molecule has 0 aromatic heterocycles. The summed E-state index contributed by atoms with van der Waals surface area (Å²) in [5.74, 6) is 0.322. The maximum Gasteiger partial charge on any atom is 0.195 e. The molecule has 2 rings (SSSR count). The molecular formula is C14H13O3P. The largest absolute Gasteiger partial charge is 0.480 e. The highest BCUT2D eigenvalue weighted by molar-refractivity contribution is 7.10. The normalized spacial score (nSPS) is 11.9. The molecule has 18 heavy (non-hydrogen) atoms. The molecule has 3 nitrogen and oxygen atoms in total. The lowest BCUT2D eigenvalue weighted by molar-refractivity contribution is 0.0747. The minimum atomic E-state index is -1.13. The van der Waals surface area contributed by atoms with Crippen molar-refractivity contribution in [2.24, 2.45) is 0 Å². The highest BCUT2D eigenvalue weighted by atomic mass is 31.0. The quantitative estimate of drug-likeness (QED) is 0.679. The number of aliphatic hydroxyl groups excluding tert-OH is 1. The minimum Gasteiger partial charge on any atom is -0.480 e. The van der Waals surface area contributed by atoms with E-state index in [0.717, 1.165) is 0 Å². The van der Waals surface area contributed by atoms with Crippen molar-refractivity contribution in [3.63, 3.8) is 0 Å². The van der Waals surface area contributed by atoms with Crippen molar-refractivity contribution < 1.29 is 14.4 Å². The molecule has 1 N–H and O–H groups in total. The number of ketones is 1. The molecule has 0 amide bonds. The van der Waals surface area contributed by atoms with E-state index in [4.69, 9.17) is 4.52 Å². The fourth-order valence-electron chi connectivity index (χ4n) is 1.64. The Bertz CT molecular complexity index is 522. The highest BCUT2D eigenvalue weighted by Crippen LogP contribution is 2.20. The number of aliphatic hydroxyl groups is 1. The topological polar surface area (TPSA) is 46.5 Å². The average molecular weight is 260 g/mol. The van der Waals surface area contributed by atoms with Crippen molar-refractivity contribution in [2.75, 3.05) is 0 Å². The first kappa shape index (κ1) is 12.7. The van der Waals surface area contributed by atoms with Crippen LogP contribution < -0.4 is 4.52 Å². The van der Waals surface area contributed by atoms with E-state index in [2.05, 4.69) is 9.47 Å². The number of Topliss-reactive ketones (excluding diaryl/α,β-unsaturated/α-hetero) is 1. The first-order valence-electron chi connectivity index (χ1n) is 5.46. The van der Waals surface area contributed by atoms with Crippen LogP contribution in [-0.4, -0.2) is 10.9 Å². The zero-order valence-corrected chi connectivity index (χ0v) is 10.8. The van der Waals surface area contributed by atoms with Crippen molar-refractivity contribution in [2.45, 2.75) is 6.10 Å². The molecular weight excluding hydrogens is 247 g/mol. The van der Waals surface area contributed by atoms with E-state index in [1.807, 2.05) is 6.07 Å². The van der Waals surface area contributed by atoms with Crippen LogP contribution in [0, 0.1) is 0 Å². The summed E-state index contributed by atoms with van der Waals surface area (Å²) in [4.78, 5) is 12.0. The number of rotatable bonds is 4. The van der Waals surface area contributed by atoms with Crippen LogP contribution in [0.15, 0.2) is 54.6 Å². The number of carbonyl (C=O) groups is 1. The predicted molar refractivity (Wildman–Crippen MR) is 72.5 cm³/mol. The molecule has 0 aliphatic rings. The number of carbonyl (C=O) groups excluding carboxylic acids is 1. The second-order valence-corrected chi connectivity index (χ2v) is 4.06. The Labute approximate surface area is 108 Å². The van der Waals surface area contributed by atoms with Crippen LogP contribution in [0.2, 0.25) is 0 Å². The first-order valence-corrected chi connectivity index (χ1v) is 5.93. The third-order valence-electron chi connectivity index (χ3n) is 2.64. The van der Waals surface area contributed by atoms with Gasteiger partial charge in [0.15, 0.2) is 5.78 Å². The Kier molecular flexibility index (Phi) is 4.08. The fraction of sp³-hybridized carbons (Fsp3) is 0.0714. The van der Waals surface area contributed by atoms with Gasteiger partial charge >= 0.3 is 0 Å². The Morgan fingerprint density at radius 1 is 1.06 bits per heavy atom. The monoisotopic (exact) mass is 260 g/mol. The summed E-state index contributed by atoms with van der Waals surface area (Å²) in [7, 11) is 2.14. The third kappa shape index (κ3) is 2.76. The van der Waals surface area contributed by atoms with Crippen LogP contribution in [0.3, 0.4) is 0 Å². The van der Waals surface area contributed by atoms with Crippen LogP contribution in [0.25, 0.3) is 0 Å². The molecule has 0 heterocycles. The fourth-order valence-corrected chi connectivity index (χ4v) is 1.80. The maximum atomic E-state index is 12.0. The predicted octanol–water partition coefficient (Wildman–Crippen LogP) is 2.77. The minimum absolute atomic E-state index is 0.323. The Morgan fingerprint density at radius 3 is 2.22 bits per heavy atom. The average Bonchev–Trinajstić information content (AvgIpc) is 2.47. The van der Waals surface area contributed by atoms with E-state index in [1.165, 1.54) is 0 Å². The molecule has 2 atom stereocenters. The first-order chi connectivity index (χ1) is 8.72. The van der Waals surface area contributed by atoms with Gasteiger partial charge in [-0.2, -0.15) is 0 Å². The molecule has 0 aliphatic heterocycles. The van der Waals surface area contributed by atoms with Crippen molar-refractivity contribution in [3.05, 3.63) is 65.7 Å². The van der Waals surface area contributed by atoms with E-state index in [0.29, 0.717) is 16.9 Å². The van der Waals surface area contributed by atoms with Crippen LogP contribution >= 0.6 is 9.47 Å². The van der Waals surface area contributed by atoms with E-state index in [-0.39, 0.29) is 5.78 Å². The van der Waals surface area contributed by atoms with Gasteiger partial charge in [0.25, 0.3) is 0 Å². The van der Waals surface area contributed by atoms with Gasteiger partial charge in [-0.3, -0.25) is 4.79 Å². The summed E-state index contributed by atoms with van der Waals surface area (Å²) in [5.41, 5.74) is 1.05. The summed E-state index contributed by atoms with van der Waals surface area (Å²) in [6.45, 7) is 0. The van der Waals surface area contributed by atoms with Crippen molar-refractivity contribution in [1.82, 2.24) is 0 Å². The summed E-state index contributed by atoms with van der Waals surface area (Å²) in [6, 6.07) is 15.5. The molecule has 2 aromatic carbocycles. The van der Waals surface area contributed by atoms with Gasteiger partial charge in [-0.1, -0.05) is 30.3 Å². The van der Waals surface area contributed by atoms with Gasteiger partial charge in [0.1, 0.15) is 11.9 Å². The number of hydrogen-bond donors (Lipinski definition) is 1. The summed E-state index contributed by atoms with van der Waals surface area (Å²) >= 11 is 0. The van der Waals surface area contributed by atoms with Gasteiger partial charge in [-0.05, 0) is 29.8 Å². The van der Waals surface area contributed by atoms with Crippen molar-refractivity contribution in [3.8, 4) is 5.75 Å². The molecule has 0 bridgehead atoms. The second-order valence-electron chi connectivity index (χ2n) is 3.82. The molecule has 0 radical (unpaired) electrons. The maximum absolute atomic E-state index is 12.0. The van der Waals surface area contributed by atoms with E-state index >= 15 is 0 Å². The van der Waals surface area contributed by atoms with Crippen molar-refractivity contribution in [1.29, 1.82) is 0 Å². The Morgan fingerprint density at radius 2 is 1.67 bits per heavy atom. The molecule has 2 unspecified atom stereocenters. The van der Waals surface area contributed by atoms with Crippen LogP contribution in [0.4, 0.5) is 0 Å². The Hall–Kier alpha value is -1.70. The highest BCUT2D eigenvalue weighted by Gasteiger charge is 2.18. The lowest BCUT2D eigenvalue weighted by Gasteiger charge is -2.10. The standard InChI is InChI=1S/C14H13O3P/c15-13(10-4-2-1-3-5-10)14(16)11-6-8-12(17-18)9-7-11/h1-9,13,15H,18H2. The molecule has 0 saturated heterocycles. The zero-order valence-electron chi connectivity index (χ0n) is 9.61. The van der Waals surface area contributed by atoms with Crippen LogP contribution in [0.5, 0.6) is 5.75 Å². The summed E-state index contributed by atoms with van der Waals surface area (Å²) in [5, 5.41) is 9.98. The van der Waals surface area contributed by atoms with E-state index < -0.39 is 6.10 Å². The van der Waals surface area contributed by atoms with E-state index in [1.54, 1.807) is 48.5 Å². The number of benzene rings is 2.